The Balaban J connectivity index is 2.36. The van der Waals surface area contributed by atoms with Gasteiger partial charge < -0.3 is 10.2 Å². The fourth-order valence-electron chi connectivity index (χ4n) is 2.92. The van der Waals surface area contributed by atoms with Crippen LogP contribution in [0.3, 0.4) is 0 Å². The van der Waals surface area contributed by atoms with E-state index in [1.165, 1.54) is 6.07 Å². The fourth-order valence-corrected chi connectivity index (χ4v) is 2.92. The highest BCUT2D eigenvalue weighted by atomic mass is 19.1. The Bertz CT molecular complexity index is 465. The Hall–Kier alpha value is -1.58. The van der Waals surface area contributed by atoms with Crippen molar-refractivity contribution in [3.05, 3.63) is 29.6 Å². The predicted octanol–water partition coefficient (Wildman–Crippen LogP) is 3.27. The number of likely N-dealkylation sites (tertiary alicyclic amines) is 1. The predicted molar refractivity (Wildman–Crippen MR) is 74.9 cm³/mol. The summed E-state index contributed by atoms with van der Waals surface area (Å²) in [6.07, 6.45) is 3.18. The molecule has 1 aromatic rings. The first kappa shape index (κ1) is 13.8. The molecule has 1 aliphatic heterocycles. The van der Waals surface area contributed by atoms with Crippen molar-refractivity contribution >= 4 is 11.6 Å². The molecule has 0 aromatic heterocycles. The molecule has 0 aliphatic carbocycles. The second kappa shape index (κ2) is 5.59. The molecule has 2 atom stereocenters. The van der Waals surface area contributed by atoms with Crippen molar-refractivity contribution in [3.8, 4) is 0 Å². The van der Waals surface area contributed by atoms with Crippen LogP contribution in [0.15, 0.2) is 18.2 Å². The maximum Gasteiger partial charge on any atom is 0.256 e. The van der Waals surface area contributed by atoms with Crippen LogP contribution >= 0.6 is 0 Å². The van der Waals surface area contributed by atoms with Gasteiger partial charge in [-0.3, -0.25) is 4.79 Å². The number of hydrogen-bond acceptors (Lipinski definition) is 2. The van der Waals surface area contributed by atoms with Crippen molar-refractivity contribution in [3.63, 3.8) is 0 Å². The third-order valence-electron chi connectivity index (χ3n) is 3.92. The summed E-state index contributed by atoms with van der Waals surface area (Å²) in [6.45, 7) is 4.12. The molecule has 0 unspecified atom stereocenters. The second-order valence-corrected chi connectivity index (χ2v) is 5.25. The van der Waals surface area contributed by atoms with Crippen LogP contribution in [0.2, 0.25) is 0 Å². The summed E-state index contributed by atoms with van der Waals surface area (Å²) < 4.78 is 13.7. The largest absolute Gasteiger partial charge is 0.385 e. The number of halogens is 1. The van der Waals surface area contributed by atoms with E-state index in [9.17, 15) is 9.18 Å². The van der Waals surface area contributed by atoms with Gasteiger partial charge in [-0.15, -0.1) is 0 Å². The molecular weight excluding hydrogens is 243 g/mol. The number of rotatable bonds is 2. The molecular formula is C15H21FN2O. The molecule has 1 aromatic carbocycles. The molecule has 1 amide bonds. The quantitative estimate of drug-likeness (QED) is 0.889. The molecule has 1 fully saturated rings. The number of para-hydroxylation sites is 1. The van der Waals surface area contributed by atoms with Crippen LogP contribution in [0, 0.1) is 5.82 Å². The van der Waals surface area contributed by atoms with E-state index >= 15 is 0 Å². The summed E-state index contributed by atoms with van der Waals surface area (Å²) in [4.78, 5) is 14.6. The Labute approximate surface area is 113 Å². The Kier molecular flexibility index (Phi) is 4.08. The molecule has 104 valence electrons. The molecule has 2 rings (SSSR count). The lowest BCUT2D eigenvalue weighted by Crippen LogP contribution is -2.47. The lowest BCUT2D eigenvalue weighted by atomic mass is 9.96. The van der Waals surface area contributed by atoms with Crippen molar-refractivity contribution < 1.29 is 9.18 Å². The highest BCUT2D eigenvalue weighted by Gasteiger charge is 2.31. The molecule has 0 bridgehead atoms. The van der Waals surface area contributed by atoms with Gasteiger partial charge in [-0.05, 0) is 45.2 Å². The number of carbonyl (C=O) groups excluding carboxylic acids is 1. The minimum atomic E-state index is -0.384. The molecule has 1 N–H and O–H groups in total. The molecule has 1 heterocycles. The first-order chi connectivity index (χ1) is 9.06. The molecule has 4 heteroatoms. The van der Waals surface area contributed by atoms with Crippen molar-refractivity contribution in [2.75, 3.05) is 12.4 Å². The van der Waals surface area contributed by atoms with Crippen molar-refractivity contribution in [2.24, 2.45) is 0 Å². The van der Waals surface area contributed by atoms with Gasteiger partial charge in [-0.1, -0.05) is 6.07 Å². The van der Waals surface area contributed by atoms with E-state index in [-0.39, 0.29) is 29.5 Å². The molecule has 19 heavy (non-hydrogen) atoms. The number of benzene rings is 1. The Morgan fingerprint density at radius 3 is 2.53 bits per heavy atom. The summed E-state index contributed by atoms with van der Waals surface area (Å²) >= 11 is 0. The van der Waals surface area contributed by atoms with Crippen molar-refractivity contribution in [1.29, 1.82) is 0 Å². The van der Waals surface area contributed by atoms with Gasteiger partial charge in [0.15, 0.2) is 0 Å². The zero-order valence-electron chi connectivity index (χ0n) is 11.7. The average Bonchev–Trinajstić information content (AvgIpc) is 2.38. The van der Waals surface area contributed by atoms with Gasteiger partial charge in [-0.2, -0.15) is 0 Å². The monoisotopic (exact) mass is 264 g/mol. The molecule has 0 radical (unpaired) electrons. The average molecular weight is 264 g/mol. The van der Waals surface area contributed by atoms with Gasteiger partial charge in [0.05, 0.1) is 11.3 Å². The first-order valence-electron chi connectivity index (χ1n) is 6.85. The molecule has 0 spiro atoms. The maximum atomic E-state index is 13.7. The molecule has 1 saturated heterocycles. The van der Waals surface area contributed by atoms with E-state index in [0.717, 1.165) is 19.3 Å². The number of nitrogens with zero attached hydrogens (tertiary/aromatic N) is 1. The lowest BCUT2D eigenvalue weighted by Gasteiger charge is -2.39. The highest BCUT2D eigenvalue weighted by Crippen LogP contribution is 2.28. The molecule has 1 aliphatic rings. The minimum absolute atomic E-state index is 0.0800. The van der Waals surface area contributed by atoms with E-state index in [0.29, 0.717) is 5.56 Å². The van der Waals surface area contributed by atoms with Gasteiger partial charge in [0.25, 0.3) is 5.91 Å². The zero-order chi connectivity index (χ0) is 14.0. The van der Waals surface area contributed by atoms with E-state index in [4.69, 9.17) is 0 Å². The topological polar surface area (TPSA) is 32.3 Å². The van der Waals surface area contributed by atoms with Crippen molar-refractivity contribution in [2.45, 2.75) is 45.2 Å². The lowest BCUT2D eigenvalue weighted by molar-refractivity contribution is 0.0511. The summed E-state index contributed by atoms with van der Waals surface area (Å²) in [6, 6.07) is 5.06. The number of nitrogens with one attached hydrogen (secondary N) is 1. The zero-order valence-corrected chi connectivity index (χ0v) is 11.7. The van der Waals surface area contributed by atoms with Gasteiger partial charge in [0.1, 0.15) is 5.82 Å². The first-order valence-corrected chi connectivity index (χ1v) is 6.85. The SMILES string of the molecule is CNc1c(F)cccc1C(=O)N1[C@H](C)CCC[C@@H]1C. The minimum Gasteiger partial charge on any atom is -0.385 e. The van der Waals surface area contributed by atoms with Gasteiger partial charge >= 0.3 is 0 Å². The Morgan fingerprint density at radius 1 is 1.32 bits per heavy atom. The number of amides is 1. The highest BCUT2D eigenvalue weighted by molar-refractivity contribution is 6.00. The standard InChI is InChI=1S/C15H21FN2O/c1-10-6-4-7-11(2)18(10)15(19)12-8-5-9-13(16)14(12)17-3/h5,8-11,17H,4,6-7H2,1-3H3/t10-,11+. The Morgan fingerprint density at radius 2 is 1.95 bits per heavy atom. The maximum absolute atomic E-state index is 13.7. The number of piperidine rings is 1. The van der Waals surface area contributed by atoms with E-state index < -0.39 is 0 Å². The summed E-state index contributed by atoms with van der Waals surface area (Å²) in [7, 11) is 1.64. The second-order valence-electron chi connectivity index (χ2n) is 5.25. The van der Waals surface area contributed by atoms with E-state index in [1.54, 1.807) is 19.2 Å². The smallest absolute Gasteiger partial charge is 0.256 e. The third-order valence-corrected chi connectivity index (χ3v) is 3.92. The van der Waals surface area contributed by atoms with Crippen LogP contribution in [0.5, 0.6) is 0 Å². The third kappa shape index (κ3) is 2.57. The van der Waals surface area contributed by atoms with Gasteiger partial charge in [-0.25, -0.2) is 4.39 Å². The van der Waals surface area contributed by atoms with E-state index in [1.807, 2.05) is 4.90 Å². The molecule has 3 nitrogen and oxygen atoms in total. The summed E-state index contributed by atoms with van der Waals surface area (Å²) in [5.74, 6) is -0.464. The van der Waals surface area contributed by atoms with E-state index in [2.05, 4.69) is 19.2 Å². The van der Waals surface area contributed by atoms with Crippen LogP contribution in [0.1, 0.15) is 43.5 Å². The van der Waals surface area contributed by atoms with Crippen LogP contribution in [-0.4, -0.2) is 29.9 Å². The normalized spacial score (nSPS) is 23.3. The van der Waals surface area contributed by atoms with Crippen molar-refractivity contribution in [1.82, 2.24) is 4.90 Å². The van der Waals surface area contributed by atoms with Crippen LogP contribution < -0.4 is 5.32 Å². The van der Waals surface area contributed by atoms with Crippen LogP contribution in [-0.2, 0) is 0 Å². The van der Waals surface area contributed by atoms with Crippen LogP contribution in [0.4, 0.5) is 10.1 Å². The number of anilines is 1. The summed E-state index contributed by atoms with van der Waals surface area (Å²) in [5.41, 5.74) is 0.709. The number of carbonyl (C=O) groups is 1. The fraction of sp³-hybridized carbons (Fsp3) is 0.533. The van der Waals surface area contributed by atoms with Gasteiger partial charge in [0, 0.05) is 19.1 Å². The van der Waals surface area contributed by atoms with Crippen LogP contribution in [0.25, 0.3) is 0 Å². The number of hydrogen-bond donors (Lipinski definition) is 1. The summed E-state index contributed by atoms with van der Waals surface area (Å²) in [5, 5.41) is 2.79. The van der Waals surface area contributed by atoms with Gasteiger partial charge in [0.2, 0.25) is 0 Å². The molecule has 0 saturated carbocycles.